The van der Waals surface area contributed by atoms with Crippen LogP contribution < -0.4 is 10.8 Å². The third-order valence-electron chi connectivity index (χ3n) is 2.65. The number of rotatable bonds is 7. The van der Waals surface area contributed by atoms with Crippen molar-refractivity contribution >= 4 is 29.2 Å². The summed E-state index contributed by atoms with van der Waals surface area (Å²) in [5.41, 5.74) is 0.620. The second-order valence-electron chi connectivity index (χ2n) is 4.13. The second kappa shape index (κ2) is 8.75. The first-order valence-corrected chi connectivity index (χ1v) is 6.36. The van der Waals surface area contributed by atoms with E-state index < -0.39 is 27.1 Å². The lowest BCUT2D eigenvalue weighted by Crippen LogP contribution is -2.20. The van der Waals surface area contributed by atoms with Crippen molar-refractivity contribution in [3.05, 3.63) is 62.4 Å². The molecular weight excluding hydrogens is 322 g/mol. The molecule has 1 rings (SSSR count). The summed E-state index contributed by atoms with van der Waals surface area (Å²) in [7, 11) is 1.38. The molecule has 0 saturated heterocycles. The minimum absolute atomic E-state index is 0.0386. The minimum Gasteiger partial charge on any atom is -0.355 e. The van der Waals surface area contributed by atoms with Gasteiger partial charge in [0, 0.05) is 25.5 Å². The van der Waals surface area contributed by atoms with E-state index >= 15 is 0 Å². The zero-order chi connectivity index (χ0) is 18.1. The summed E-state index contributed by atoms with van der Waals surface area (Å²) < 4.78 is 0. The van der Waals surface area contributed by atoms with Crippen LogP contribution in [0, 0.1) is 20.2 Å². The number of benzene rings is 1. The van der Waals surface area contributed by atoms with Crippen molar-refractivity contribution in [2.75, 3.05) is 7.05 Å². The predicted octanol–water partition coefficient (Wildman–Crippen LogP) is 1.37. The molecule has 0 aliphatic carbocycles. The Bertz CT molecular complexity index is 740. The van der Waals surface area contributed by atoms with Crippen LogP contribution in [0.5, 0.6) is 0 Å². The summed E-state index contributed by atoms with van der Waals surface area (Å²) >= 11 is 0. The van der Waals surface area contributed by atoms with Gasteiger partial charge in [0.05, 0.1) is 21.5 Å². The van der Waals surface area contributed by atoms with E-state index in [1.54, 1.807) is 5.48 Å². The third kappa shape index (κ3) is 4.99. The highest BCUT2D eigenvalue weighted by molar-refractivity contribution is 6.12. The number of carbonyl (C=O) groups excluding carboxylic acids is 1. The molecule has 0 aliphatic heterocycles. The Morgan fingerprint density at radius 1 is 1.29 bits per heavy atom. The van der Waals surface area contributed by atoms with Crippen molar-refractivity contribution in [3.63, 3.8) is 0 Å². The Morgan fingerprint density at radius 2 is 2.00 bits per heavy atom. The van der Waals surface area contributed by atoms with E-state index in [0.717, 1.165) is 30.6 Å². The number of allylic oxidation sites excluding steroid dienone is 2. The molecule has 0 aliphatic rings. The second-order valence-corrected chi connectivity index (χ2v) is 4.13. The molecule has 126 valence electrons. The van der Waals surface area contributed by atoms with Gasteiger partial charge in [0.2, 0.25) is 0 Å². The molecule has 0 aromatic heterocycles. The molecule has 11 heteroatoms. The lowest BCUT2D eigenvalue weighted by atomic mass is 10.2. The van der Waals surface area contributed by atoms with Crippen molar-refractivity contribution in [2.24, 2.45) is 4.99 Å². The third-order valence-corrected chi connectivity index (χ3v) is 2.65. The normalized spacial score (nSPS) is 11.7. The molecule has 1 amide bonds. The Balaban J connectivity index is 3.25. The Labute approximate surface area is 135 Å². The monoisotopic (exact) mass is 335 g/mol. The Kier molecular flexibility index (Phi) is 6.73. The summed E-state index contributed by atoms with van der Waals surface area (Å²) in [6, 6.07) is 2.96. The number of nitro benzene ring substituents is 2. The average Bonchev–Trinajstić information content (AvgIpc) is 2.56. The summed E-state index contributed by atoms with van der Waals surface area (Å²) in [5.74, 6) is -0.522. The van der Waals surface area contributed by atoms with Gasteiger partial charge >= 0.3 is 5.69 Å². The van der Waals surface area contributed by atoms with Gasteiger partial charge in [0.25, 0.3) is 11.6 Å². The van der Waals surface area contributed by atoms with Gasteiger partial charge in [-0.25, -0.2) is 4.99 Å². The van der Waals surface area contributed by atoms with Gasteiger partial charge in [-0.2, -0.15) is 0 Å². The molecule has 0 unspecified atom stereocenters. The van der Waals surface area contributed by atoms with Crippen LogP contribution in [0.4, 0.5) is 17.1 Å². The number of hydrogen-bond acceptors (Lipinski definition) is 8. The first-order valence-electron chi connectivity index (χ1n) is 6.36. The van der Waals surface area contributed by atoms with Crippen molar-refractivity contribution in [1.29, 1.82) is 0 Å². The van der Waals surface area contributed by atoms with Crippen LogP contribution in [0.2, 0.25) is 0 Å². The number of amides is 1. The maximum atomic E-state index is 11.7. The molecule has 0 radical (unpaired) electrons. The quantitative estimate of drug-likeness (QED) is 0.223. The van der Waals surface area contributed by atoms with Gasteiger partial charge in [-0.05, 0) is 18.2 Å². The van der Waals surface area contributed by atoms with E-state index in [1.165, 1.54) is 19.2 Å². The average molecular weight is 335 g/mol. The number of nitrogens with one attached hydrogen (secondary N) is 2. The lowest BCUT2D eigenvalue weighted by molar-refractivity contribution is -0.393. The molecule has 0 spiro atoms. The van der Waals surface area contributed by atoms with E-state index in [-0.39, 0.29) is 11.3 Å². The maximum Gasteiger partial charge on any atom is 0.301 e. The number of nitrogens with zero attached hydrogens (tertiary/aromatic N) is 3. The maximum absolute atomic E-state index is 11.7. The molecule has 3 N–H and O–H groups in total. The topological polar surface area (TPSA) is 160 Å². The first-order chi connectivity index (χ1) is 11.4. The molecule has 0 heterocycles. The van der Waals surface area contributed by atoms with Gasteiger partial charge in [-0.3, -0.25) is 35.7 Å². The van der Waals surface area contributed by atoms with Crippen LogP contribution in [0.15, 0.2) is 47.1 Å². The van der Waals surface area contributed by atoms with Crippen molar-refractivity contribution in [1.82, 2.24) is 10.8 Å². The highest BCUT2D eigenvalue weighted by Gasteiger charge is 2.19. The number of aliphatic imine (C=N–C) groups is 1. The summed E-state index contributed by atoms with van der Waals surface area (Å²) in [4.78, 5) is 35.6. The zero-order valence-corrected chi connectivity index (χ0v) is 12.4. The van der Waals surface area contributed by atoms with Crippen LogP contribution >= 0.6 is 0 Å². The SMILES string of the molecule is CNC(=O)/C(C=Nc1ccc([N+](=O)[O-])cc1[N+](=O)[O-])=C\C=C\NO. The van der Waals surface area contributed by atoms with E-state index in [9.17, 15) is 25.0 Å². The van der Waals surface area contributed by atoms with Crippen LogP contribution in [0.3, 0.4) is 0 Å². The first kappa shape index (κ1) is 18.4. The molecular formula is C13H13N5O6. The van der Waals surface area contributed by atoms with Crippen molar-refractivity contribution < 1.29 is 19.8 Å². The summed E-state index contributed by atoms with van der Waals surface area (Å²) in [6.45, 7) is 0. The van der Waals surface area contributed by atoms with Crippen molar-refractivity contribution in [3.8, 4) is 0 Å². The number of likely N-dealkylation sites (N-methyl/N-ethyl adjacent to an activating group) is 1. The standard InChI is InChI=1S/C13H13N5O6/c1-14-13(19)9(3-2-6-16-20)8-15-11-5-4-10(17(21)22)7-12(11)18(23)24/h2-8,16,20H,1H3,(H,14,19)/b6-2+,9-3-,15-8?. The Hall–Kier alpha value is -3.60. The van der Waals surface area contributed by atoms with E-state index in [4.69, 9.17) is 5.21 Å². The number of hydrogen-bond donors (Lipinski definition) is 3. The molecule has 0 saturated carbocycles. The lowest BCUT2D eigenvalue weighted by Gasteiger charge is -2.00. The fourth-order valence-electron chi connectivity index (χ4n) is 1.54. The minimum atomic E-state index is -0.807. The van der Waals surface area contributed by atoms with E-state index in [0.29, 0.717) is 0 Å². The van der Waals surface area contributed by atoms with Gasteiger partial charge < -0.3 is 5.32 Å². The van der Waals surface area contributed by atoms with Gasteiger partial charge in [0.1, 0.15) is 5.69 Å². The van der Waals surface area contributed by atoms with Crippen LogP contribution in [0.1, 0.15) is 0 Å². The highest BCUT2D eigenvalue weighted by atomic mass is 16.6. The van der Waals surface area contributed by atoms with E-state index in [2.05, 4.69) is 10.3 Å². The number of hydroxylamine groups is 1. The molecule has 1 aromatic rings. The molecule has 0 fully saturated rings. The molecule has 0 bridgehead atoms. The van der Waals surface area contributed by atoms with Crippen LogP contribution in [0.25, 0.3) is 0 Å². The molecule has 24 heavy (non-hydrogen) atoms. The molecule has 11 nitrogen and oxygen atoms in total. The number of nitro groups is 2. The number of carbonyl (C=O) groups is 1. The fourth-order valence-corrected chi connectivity index (χ4v) is 1.54. The van der Waals surface area contributed by atoms with Gasteiger partial charge in [-0.15, -0.1) is 0 Å². The van der Waals surface area contributed by atoms with Gasteiger partial charge in [-0.1, -0.05) is 0 Å². The smallest absolute Gasteiger partial charge is 0.301 e. The van der Waals surface area contributed by atoms with Gasteiger partial charge in [0.15, 0.2) is 0 Å². The zero-order valence-electron chi connectivity index (χ0n) is 12.4. The Morgan fingerprint density at radius 3 is 2.54 bits per heavy atom. The summed E-state index contributed by atoms with van der Waals surface area (Å²) in [6.07, 6.45) is 4.80. The largest absolute Gasteiger partial charge is 0.355 e. The fraction of sp³-hybridized carbons (Fsp3) is 0.0769. The molecule has 1 aromatic carbocycles. The highest BCUT2D eigenvalue weighted by Crippen LogP contribution is 2.31. The number of non-ortho nitro benzene ring substituents is 1. The van der Waals surface area contributed by atoms with Crippen LogP contribution in [-0.2, 0) is 4.79 Å². The van der Waals surface area contributed by atoms with E-state index in [1.807, 2.05) is 0 Å². The molecule has 0 atom stereocenters. The van der Waals surface area contributed by atoms with Crippen LogP contribution in [-0.4, -0.2) is 34.2 Å². The predicted molar refractivity (Wildman–Crippen MR) is 84.1 cm³/mol. The van der Waals surface area contributed by atoms with Crippen molar-refractivity contribution in [2.45, 2.75) is 0 Å². The summed E-state index contributed by atoms with van der Waals surface area (Å²) in [5, 5.41) is 32.5.